The van der Waals surface area contributed by atoms with E-state index < -0.39 is 12.1 Å². The normalized spacial score (nSPS) is 15.2. The van der Waals surface area contributed by atoms with Crippen molar-refractivity contribution in [1.82, 2.24) is 4.98 Å². The maximum atomic E-state index is 9.57. The lowest BCUT2D eigenvalue weighted by Gasteiger charge is -2.19. The molecule has 0 saturated heterocycles. The molecular formula is C9H12Cl2N2O. The number of rotatable bonds is 3. The van der Waals surface area contributed by atoms with E-state index in [1.807, 2.05) is 6.92 Å². The standard InChI is InChI=1S/C9H12Cl2N2O/c1-2-7(14)9(12)8-5(10)3-13-4-6(8)11/h3-4,7,9,14H,2,12H2,1H3/t7-,9-/m1/s1. The summed E-state index contributed by atoms with van der Waals surface area (Å²) >= 11 is 11.8. The largest absolute Gasteiger partial charge is 0.391 e. The van der Waals surface area contributed by atoms with E-state index in [4.69, 9.17) is 28.9 Å². The second-order valence-corrected chi connectivity index (χ2v) is 3.83. The van der Waals surface area contributed by atoms with Gasteiger partial charge in [-0.15, -0.1) is 0 Å². The summed E-state index contributed by atoms with van der Waals surface area (Å²) in [5.74, 6) is 0. The van der Waals surface area contributed by atoms with Gasteiger partial charge in [0, 0.05) is 18.0 Å². The fraction of sp³-hybridized carbons (Fsp3) is 0.444. The van der Waals surface area contributed by atoms with Crippen LogP contribution in [0, 0.1) is 0 Å². The second kappa shape index (κ2) is 4.94. The van der Waals surface area contributed by atoms with E-state index in [9.17, 15) is 5.11 Å². The summed E-state index contributed by atoms with van der Waals surface area (Å²) in [4.78, 5) is 3.81. The third kappa shape index (κ3) is 2.36. The molecule has 0 bridgehead atoms. The summed E-state index contributed by atoms with van der Waals surface area (Å²) < 4.78 is 0. The first kappa shape index (κ1) is 11.7. The monoisotopic (exact) mass is 234 g/mol. The maximum Gasteiger partial charge on any atom is 0.0731 e. The quantitative estimate of drug-likeness (QED) is 0.843. The molecule has 1 aromatic rings. The first-order chi connectivity index (χ1) is 6.57. The fourth-order valence-corrected chi connectivity index (χ4v) is 1.80. The Bertz CT molecular complexity index is 299. The van der Waals surface area contributed by atoms with Crippen LogP contribution in [-0.4, -0.2) is 16.2 Å². The summed E-state index contributed by atoms with van der Waals surface area (Å²) in [7, 11) is 0. The van der Waals surface area contributed by atoms with Crippen LogP contribution >= 0.6 is 23.2 Å². The van der Waals surface area contributed by atoms with Crippen molar-refractivity contribution in [1.29, 1.82) is 0 Å². The first-order valence-electron chi connectivity index (χ1n) is 4.30. The number of aliphatic hydroxyl groups excluding tert-OH is 1. The zero-order chi connectivity index (χ0) is 10.7. The summed E-state index contributed by atoms with van der Waals surface area (Å²) in [6.45, 7) is 1.84. The van der Waals surface area contributed by atoms with Crippen molar-refractivity contribution >= 4 is 23.2 Å². The zero-order valence-corrected chi connectivity index (χ0v) is 9.26. The summed E-state index contributed by atoms with van der Waals surface area (Å²) in [6.07, 6.45) is 2.83. The molecule has 0 aromatic carbocycles. The Hall–Kier alpha value is -0.350. The number of nitrogens with zero attached hydrogens (tertiary/aromatic N) is 1. The Balaban J connectivity index is 3.05. The molecule has 0 aliphatic heterocycles. The van der Waals surface area contributed by atoms with Crippen LogP contribution < -0.4 is 5.73 Å². The molecule has 14 heavy (non-hydrogen) atoms. The average molecular weight is 235 g/mol. The lowest BCUT2D eigenvalue weighted by Crippen LogP contribution is -2.26. The number of hydrogen-bond donors (Lipinski definition) is 2. The molecule has 0 amide bonds. The van der Waals surface area contributed by atoms with Crippen molar-refractivity contribution in [2.45, 2.75) is 25.5 Å². The van der Waals surface area contributed by atoms with E-state index in [2.05, 4.69) is 4.98 Å². The number of hydrogen-bond acceptors (Lipinski definition) is 3. The van der Waals surface area contributed by atoms with Gasteiger partial charge in [-0.25, -0.2) is 0 Å². The second-order valence-electron chi connectivity index (χ2n) is 3.02. The lowest BCUT2D eigenvalue weighted by molar-refractivity contribution is 0.141. The van der Waals surface area contributed by atoms with Crippen LogP contribution in [-0.2, 0) is 0 Å². The highest BCUT2D eigenvalue weighted by molar-refractivity contribution is 6.35. The third-order valence-electron chi connectivity index (χ3n) is 2.06. The molecule has 1 rings (SSSR count). The SMILES string of the molecule is CC[C@@H](O)[C@@H](N)c1c(Cl)cncc1Cl. The third-order valence-corrected chi connectivity index (χ3v) is 2.66. The van der Waals surface area contributed by atoms with Crippen molar-refractivity contribution in [3.05, 3.63) is 28.0 Å². The molecule has 5 heteroatoms. The van der Waals surface area contributed by atoms with Gasteiger partial charge < -0.3 is 10.8 Å². The first-order valence-corrected chi connectivity index (χ1v) is 5.06. The highest BCUT2D eigenvalue weighted by Gasteiger charge is 2.20. The van der Waals surface area contributed by atoms with E-state index in [-0.39, 0.29) is 0 Å². The van der Waals surface area contributed by atoms with E-state index in [0.717, 1.165) is 0 Å². The van der Waals surface area contributed by atoms with Gasteiger partial charge in [-0.2, -0.15) is 0 Å². The highest BCUT2D eigenvalue weighted by atomic mass is 35.5. The lowest BCUT2D eigenvalue weighted by atomic mass is 10.0. The molecule has 0 spiro atoms. The zero-order valence-electron chi connectivity index (χ0n) is 7.74. The van der Waals surface area contributed by atoms with Crippen molar-refractivity contribution < 1.29 is 5.11 Å². The van der Waals surface area contributed by atoms with E-state index in [1.54, 1.807) is 0 Å². The molecule has 0 unspecified atom stereocenters. The molecule has 1 aromatic heterocycles. The Morgan fingerprint density at radius 3 is 2.36 bits per heavy atom. The number of aromatic nitrogens is 1. The van der Waals surface area contributed by atoms with Crippen LogP contribution in [0.1, 0.15) is 24.9 Å². The van der Waals surface area contributed by atoms with E-state index >= 15 is 0 Å². The van der Waals surface area contributed by atoms with Gasteiger partial charge in [-0.3, -0.25) is 4.98 Å². The van der Waals surface area contributed by atoms with Crippen molar-refractivity contribution in [3.63, 3.8) is 0 Å². The topological polar surface area (TPSA) is 59.1 Å². The van der Waals surface area contributed by atoms with E-state index in [0.29, 0.717) is 22.0 Å². The van der Waals surface area contributed by atoms with Crippen molar-refractivity contribution in [2.24, 2.45) is 5.73 Å². The molecule has 0 fully saturated rings. The minimum Gasteiger partial charge on any atom is -0.391 e. The van der Waals surface area contributed by atoms with Crippen molar-refractivity contribution in [3.8, 4) is 0 Å². The van der Waals surface area contributed by atoms with Gasteiger partial charge in [0.15, 0.2) is 0 Å². The van der Waals surface area contributed by atoms with Crippen molar-refractivity contribution in [2.75, 3.05) is 0 Å². The predicted octanol–water partition coefficient (Wildman–Crippen LogP) is 2.16. The van der Waals surface area contributed by atoms with Crippen LogP contribution in [0.3, 0.4) is 0 Å². The maximum absolute atomic E-state index is 9.57. The molecule has 0 aliphatic carbocycles. The Morgan fingerprint density at radius 1 is 1.43 bits per heavy atom. The molecule has 0 radical (unpaired) electrons. The van der Waals surface area contributed by atoms with Crippen LogP contribution in [0.2, 0.25) is 10.0 Å². The fourth-order valence-electron chi connectivity index (χ4n) is 1.19. The molecule has 3 nitrogen and oxygen atoms in total. The molecule has 0 saturated carbocycles. The van der Waals surface area contributed by atoms with Crippen LogP contribution in [0.15, 0.2) is 12.4 Å². The number of aliphatic hydroxyl groups is 1. The summed E-state index contributed by atoms with van der Waals surface area (Å²) in [5, 5.41) is 10.3. The molecule has 1 heterocycles. The highest BCUT2D eigenvalue weighted by Crippen LogP contribution is 2.30. The molecule has 0 aliphatic rings. The Kier molecular flexibility index (Phi) is 4.13. The van der Waals surface area contributed by atoms with Gasteiger partial charge >= 0.3 is 0 Å². The van der Waals surface area contributed by atoms with Gasteiger partial charge in [-0.1, -0.05) is 30.1 Å². The summed E-state index contributed by atoms with van der Waals surface area (Å²) in [6, 6.07) is -0.567. The van der Waals surface area contributed by atoms with E-state index in [1.165, 1.54) is 12.4 Å². The van der Waals surface area contributed by atoms with Crippen LogP contribution in [0.5, 0.6) is 0 Å². The molecule has 3 N–H and O–H groups in total. The Labute approximate surface area is 92.9 Å². The molecule has 2 atom stereocenters. The average Bonchev–Trinajstić information content (AvgIpc) is 2.16. The number of halogens is 2. The van der Waals surface area contributed by atoms with Gasteiger partial charge in [-0.05, 0) is 6.42 Å². The number of nitrogens with two attached hydrogens (primary N) is 1. The minimum atomic E-state index is -0.646. The van der Waals surface area contributed by atoms with Crippen LogP contribution in [0.4, 0.5) is 0 Å². The van der Waals surface area contributed by atoms with Gasteiger partial charge in [0.2, 0.25) is 0 Å². The smallest absolute Gasteiger partial charge is 0.0731 e. The Morgan fingerprint density at radius 2 is 1.93 bits per heavy atom. The van der Waals surface area contributed by atoms with Crippen LogP contribution in [0.25, 0.3) is 0 Å². The predicted molar refractivity (Wildman–Crippen MR) is 57.5 cm³/mol. The molecule has 78 valence electrons. The number of pyridine rings is 1. The van der Waals surface area contributed by atoms with Gasteiger partial charge in [0.1, 0.15) is 0 Å². The molecular weight excluding hydrogens is 223 g/mol. The van der Waals surface area contributed by atoms with Gasteiger partial charge in [0.05, 0.1) is 22.2 Å². The minimum absolute atomic E-state index is 0.387. The van der Waals surface area contributed by atoms with Gasteiger partial charge in [0.25, 0.3) is 0 Å². The summed E-state index contributed by atoms with van der Waals surface area (Å²) in [5.41, 5.74) is 6.36.